The quantitative estimate of drug-likeness (QED) is 0.451. The van der Waals surface area contributed by atoms with E-state index < -0.39 is 42.6 Å². The van der Waals surface area contributed by atoms with Gasteiger partial charge >= 0.3 is 12.1 Å². The predicted octanol–water partition coefficient (Wildman–Crippen LogP) is -1.15. The zero-order valence-corrected chi connectivity index (χ0v) is 12.6. The minimum Gasteiger partial charge on any atom is -0.479 e. The molecule has 0 aromatic heterocycles. The number of alkyl carbamates (subject to hydrolysis) is 1. The van der Waals surface area contributed by atoms with Gasteiger partial charge in [0.1, 0.15) is 31.0 Å². The van der Waals surface area contributed by atoms with Gasteiger partial charge in [-0.2, -0.15) is 0 Å². The smallest absolute Gasteiger partial charge is 0.407 e. The van der Waals surface area contributed by atoms with Gasteiger partial charge < -0.3 is 35.2 Å². The van der Waals surface area contributed by atoms with E-state index in [0.717, 1.165) is 5.56 Å². The Labute approximate surface area is 137 Å². The Morgan fingerprint density at radius 2 is 1.75 bits per heavy atom. The highest BCUT2D eigenvalue weighted by molar-refractivity contribution is 5.73. The standard InChI is InChI=1S/C15H19NO8/c17-10-9(24-13(14(20)21)12(19)11(10)18)6-16-15(22)23-7-8-4-2-1-3-5-8/h1-5,9-13,17-19H,6-7H2,(H,16,22)(H,20,21)/t9-,10-,11+,12-,13-/m0/s1. The zero-order valence-electron chi connectivity index (χ0n) is 12.6. The van der Waals surface area contributed by atoms with Crippen LogP contribution in [0.15, 0.2) is 30.3 Å². The number of carbonyl (C=O) groups is 2. The van der Waals surface area contributed by atoms with Crippen LogP contribution in [0.4, 0.5) is 4.79 Å². The van der Waals surface area contributed by atoms with Crippen LogP contribution in [0, 0.1) is 0 Å². The summed E-state index contributed by atoms with van der Waals surface area (Å²) in [4.78, 5) is 22.6. The van der Waals surface area contributed by atoms with E-state index in [0.29, 0.717) is 0 Å². The van der Waals surface area contributed by atoms with E-state index in [2.05, 4.69) is 5.32 Å². The molecule has 1 saturated heterocycles. The lowest BCUT2D eigenvalue weighted by Crippen LogP contribution is -2.61. The van der Waals surface area contributed by atoms with Gasteiger partial charge in [0.05, 0.1) is 0 Å². The Morgan fingerprint density at radius 3 is 2.38 bits per heavy atom. The molecular weight excluding hydrogens is 322 g/mol. The molecule has 0 bridgehead atoms. The van der Waals surface area contributed by atoms with Gasteiger partial charge in [-0.05, 0) is 5.56 Å². The molecule has 0 unspecified atom stereocenters. The average molecular weight is 341 g/mol. The van der Waals surface area contributed by atoms with Crippen molar-refractivity contribution in [2.45, 2.75) is 37.1 Å². The Kier molecular flexibility index (Phi) is 6.10. The highest BCUT2D eigenvalue weighted by Gasteiger charge is 2.46. The first kappa shape index (κ1) is 18.1. The number of amides is 1. The molecule has 1 aliphatic rings. The molecule has 5 atom stereocenters. The fourth-order valence-corrected chi connectivity index (χ4v) is 2.28. The molecule has 1 aromatic carbocycles. The Bertz CT molecular complexity index is 566. The van der Waals surface area contributed by atoms with Gasteiger partial charge in [0.2, 0.25) is 0 Å². The van der Waals surface area contributed by atoms with Crippen molar-refractivity contribution >= 4 is 12.1 Å². The van der Waals surface area contributed by atoms with E-state index in [1.165, 1.54) is 0 Å². The van der Waals surface area contributed by atoms with Crippen molar-refractivity contribution in [1.29, 1.82) is 0 Å². The molecular formula is C15H19NO8. The van der Waals surface area contributed by atoms with Gasteiger partial charge in [-0.25, -0.2) is 9.59 Å². The maximum absolute atomic E-state index is 11.6. The van der Waals surface area contributed by atoms with Crippen molar-refractivity contribution in [2.75, 3.05) is 6.54 Å². The van der Waals surface area contributed by atoms with Crippen molar-refractivity contribution in [3.63, 3.8) is 0 Å². The van der Waals surface area contributed by atoms with Crippen molar-refractivity contribution < 1.29 is 39.5 Å². The minimum absolute atomic E-state index is 0.0415. The van der Waals surface area contributed by atoms with Crippen LogP contribution in [0.2, 0.25) is 0 Å². The van der Waals surface area contributed by atoms with Gasteiger partial charge in [0.25, 0.3) is 0 Å². The van der Waals surface area contributed by atoms with Crippen molar-refractivity contribution in [3.05, 3.63) is 35.9 Å². The lowest BCUT2D eigenvalue weighted by atomic mass is 9.95. The van der Waals surface area contributed by atoms with E-state index >= 15 is 0 Å². The number of rotatable bonds is 5. The minimum atomic E-state index is -1.77. The third kappa shape index (κ3) is 4.42. The summed E-state index contributed by atoms with van der Waals surface area (Å²) >= 11 is 0. The second kappa shape index (κ2) is 8.06. The highest BCUT2D eigenvalue weighted by atomic mass is 16.6. The lowest BCUT2D eigenvalue weighted by Gasteiger charge is -2.38. The maximum atomic E-state index is 11.6. The van der Waals surface area contributed by atoms with Crippen LogP contribution in [0.25, 0.3) is 0 Å². The van der Waals surface area contributed by atoms with Crippen LogP contribution < -0.4 is 5.32 Å². The molecule has 1 aliphatic heterocycles. The number of nitrogens with one attached hydrogen (secondary N) is 1. The largest absolute Gasteiger partial charge is 0.479 e. The molecule has 1 fully saturated rings. The SMILES string of the molecule is O=C(NC[C@@H]1O[C@H](C(=O)O)[C@@H](O)[C@H](O)[C@H]1O)OCc1ccccc1. The molecule has 9 nitrogen and oxygen atoms in total. The number of ether oxygens (including phenoxy) is 2. The number of benzene rings is 1. The van der Waals surface area contributed by atoms with E-state index in [4.69, 9.17) is 14.6 Å². The summed E-state index contributed by atoms with van der Waals surface area (Å²) in [7, 11) is 0. The van der Waals surface area contributed by atoms with Crippen LogP contribution >= 0.6 is 0 Å². The van der Waals surface area contributed by atoms with Crippen LogP contribution in [0.5, 0.6) is 0 Å². The lowest BCUT2D eigenvalue weighted by molar-refractivity contribution is -0.226. The van der Waals surface area contributed by atoms with Crippen molar-refractivity contribution in [3.8, 4) is 0 Å². The molecule has 1 amide bonds. The molecule has 5 N–H and O–H groups in total. The summed E-state index contributed by atoms with van der Waals surface area (Å²) in [6, 6.07) is 8.96. The molecule has 0 radical (unpaired) electrons. The van der Waals surface area contributed by atoms with E-state index in [9.17, 15) is 24.9 Å². The number of hydrogen-bond acceptors (Lipinski definition) is 7. The molecule has 0 spiro atoms. The number of hydrogen-bond donors (Lipinski definition) is 5. The molecule has 0 saturated carbocycles. The number of aliphatic carboxylic acids is 1. The van der Waals surface area contributed by atoms with Crippen LogP contribution in [-0.2, 0) is 20.9 Å². The third-order valence-corrected chi connectivity index (χ3v) is 3.62. The summed E-state index contributed by atoms with van der Waals surface area (Å²) in [6.07, 6.45) is -8.71. The number of carboxylic acids is 1. The first-order chi connectivity index (χ1) is 11.4. The number of carboxylic acid groups (broad SMARTS) is 1. The number of aliphatic hydroxyl groups excluding tert-OH is 3. The van der Waals surface area contributed by atoms with Gasteiger partial charge in [-0.3, -0.25) is 0 Å². The molecule has 24 heavy (non-hydrogen) atoms. The normalized spacial score (nSPS) is 29.7. The molecule has 0 aliphatic carbocycles. The average Bonchev–Trinajstić information content (AvgIpc) is 2.58. The van der Waals surface area contributed by atoms with Gasteiger partial charge in [0.15, 0.2) is 6.10 Å². The Hall–Kier alpha value is -2.20. The van der Waals surface area contributed by atoms with E-state index in [1.54, 1.807) is 24.3 Å². The van der Waals surface area contributed by atoms with Gasteiger partial charge in [-0.15, -0.1) is 0 Å². The van der Waals surface area contributed by atoms with Gasteiger partial charge in [-0.1, -0.05) is 30.3 Å². The topological polar surface area (TPSA) is 146 Å². The first-order valence-corrected chi connectivity index (χ1v) is 7.27. The third-order valence-electron chi connectivity index (χ3n) is 3.62. The van der Waals surface area contributed by atoms with Crippen molar-refractivity contribution in [1.82, 2.24) is 5.32 Å². The number of aliphatic hydroxyl groups is 3. The summed E-state index contributed by atoms with van der Waals surface area (Å²) in [5.74, 6) is -1.48. The maximum Gasteiger partial charge on any atom is 0.407 e. The summed E-state index contributed by atoms with van der Waals surface area (Å²) in [5.41, 5.74) is 0.783. The predicted molar refractivity (Wildman–Crippen MR) is 78.9 cm³/mol. The van der Waals surface area contributed by atoms with E-state index in [1.807, 2.05) is 6.07 Å². The summed E-state index contributed by atoms with van der Waals surface area (Å²) < 4.78 is 9.99. The van der Waals surface area contributed by atoms with Gasteiger partial charge in [0, 0.05) is 6.54 Å². The first-order valence-electron chi connectivity index (χ1n) is 7.27. The zero-order chi connectivity index (χ0) is 17.7. The Morgan fingerprint density at radius 1 is 1.08 bits per heavy atom. The van der Waals surface area contributed by atoms with Crippen LogP contribution in [0.3, 0.4) is 0 Å². The fourth-order valence-electron chi connectivity index (χ4n) is 2.28. The Balaban J connectivity index is 1.83. The summed E-state index contributed by atoms with van der Waals surface area (Å²) in [6.45, 7) is -0.248. The molecule has 1 heterocycles. The van der Waals surface area contributed by atoms with Crippen LogP contribution in [0.1, 0.15) is 5.56 Å². The second-order valence-electron chi connectivity index (χ2n) is 5.35. The molecule has 9 heteroatoms. The number of carbonyl (C=O) groups excluding carboxylic acids is 1. The molecule has 2 rings (SSSR count). The summed E-state index contributed by atoms with van der Waals surface area (Å²) in [5, 5.41) is 40.3. The fraction of sp³-hybridized carbons (Fsp3) is 0.467. The molecule has 1 aromatic rings. The van der Waals surface area contributed by atoms with Crippen molar-refractivity contribution in [2.24, 2.45) is 0 Å². The van der Waals surface area contributed by atoms with E-state index in [-0.39, 0.29) is 13.2 Å². The second-order valence-corrected chi connectivity index (χ2v) is 5.35. The monoisotopic (exact) mass is 341 g/mol. The van der Waals surface area contributed by atoms with Crippen LogP contribution in [-0.4, -0.2) is 69.6 Å². The highest BCUT2D eigenvalue weighted by Crippen LogP contribution is 2.21. The molecule has 132 valence electrons.